The van der Waals surface area contributed by atoms with Gasteiger partial charge < -0.3 is 5.32 Å². The lowest BCUT2D eigenvalue weighted by Gasteiger charge is -2.10. The third kappa shape index (κ3) is 3.30. The summed E-state index contributed by atoms with van der Waals surface area (Å²) in [5.41, 5.74) is 0.820. The van der Waals surface area contributed by atoms with Gasteiger partial charge in [-0.15, -0.1) is 5.10 Å². The number of hydrogen-bond donors (Lipinski definition) is 1. The largest absolute Gasteiger partial charge is 0.309 e. The zero-order valence-electron chi connectivity index (χ0n) is 11.6. The van der Waals surface area contributed by atoms with Crippen molar-refractivity contribution in [1.29, 1.82) is 0 Å². The van der Waals surface area contributed by atoms with Gasteiger partial charge in [0, 0.05) is 12.6 Å². The molecule has 6 heteroatoms. The van der Waals surface area contributed by atoms with Gasteiger partial charge in [0.25, 0.3) is 0 Å². The van der Waals surface area contributed by atoms with Gasteiger partial charge in [0.05, 0.1) is 10.7 Å². The van der Waals surface area contributed by atoms with Crippen LogP contribution in [0.4, 0.5) is 0 Å². The summed E-state index contributed by atoms with van der Waals surface area (Å²) in [5.74, 6) is 2.29. The van der Waals surface area contributed by atoms with Crippen LogP contribution in [0.2, 0.25) is 5.02 Å². The van der Waals surface area contributed by atoms with E-state index in [4.69, 9.17) is 11.6 Å². The third-order valence-electron chi connectivity index (χ3n) is 2.67. The first-order valence-electron chi connectivity index (χ1n) is 6.27. The van der Waals surface area contributed by atoms with E-state index in [2.05, 4.69) is 34.2 Å². The van der Waals surface area contributed by atoms with Crippen molar-refractivity contribution in [2.24, 2.45) is 0 Å². The highest BCUT2D eigenvalue weighted by Crippen LogP contribution is 2.17. The van der Waals surface area contributed by atoms with E-state index in [1.54, 1.807) is 4.68 Å². The fourth-order valence-corrected chi connectivity index (χ4v) is 1.93. The minimum absolute atomic E-state index is 0.386. The van der Waals surface area contributed by atoms with Gasteiger partial charge in [0.15, 0.2) is 5.82 Å². The van der Waals surface area contributed by atoms with Crippen LogP contribution < -0.4 is 5.32 Å². The first kappa shape index (κ1) is 14.0. The van der Waals surface area contributed by atoms with E-state index in [1.165, 1.54) is 0 Å². The topological polar surface area (TPSA) is 55.6 Å². The summed E-state index contributed by atoms with van der Waals surface area (Å²) >= 11 is 6.16. The highest BCUT2D eigenvalue weighted by Gasteiger charge is 2.10. The van der Waals surface area contributed by atoms with Gasteiger partial charge in [-0.25, -0.2) is 9.97 Å². The smallest absolute Gasteiger partial charge is 0.155 e. The Morgan fingerprint density at radius 1 is 1.26 bits per heavy atom. The predicted octanol–water partition coefficient (Wildman–Crippen LogP) is 2.43. The minimum Gasteiger partial charge on any atom is -0.309 e. The summed E-state index contributed by atoms with van der Waals surface area (Å²) < 4.78 is 1.73. The first-order valence-corrected chi connectivity index (χ1v) is 6.64. The molecule has 0 unspecified atom stereocenters. The van der Waals surface area contributed by atoms with E-state index >= 15 is 0 Å². The molecule has 0 saturated carbocycles. The van der Waals surface area contributed by atoms with Crippen LogP contribution in [0.1, 0.15) is 31.2 Å². The zero-order chi connectivity index (χ0) is 14.0. The normalized spacial score (nSPS) is 11.3. The number of nitrogens with one attached hydrogen (secondary N) is 1. The van der Waals surface area contributed by atoms with Gasteiger partial charge in [-0.3, -0.25) is 0 Å². The Morgan fingerprint density at radius 3 is 2.58 bits per heavy atom. The highest BCUT2D eigenvalue weighted by molar-refractivity contribution is 6.31. The van der Waals surface area contributed by atoms with Crippen molar-refractivity contribution in [3.8, 4) is 5.82 Å². The molecule has 0 amide bonds. The van der Waals surface area contributed by atoms with Gasteiger partial charge in [-0.2, -0.15) is 4.68 Å². The number of pyridine rings is 1. The van der Waals surface area contributed by atoms with Gasteiger partial charge in [-0.1, -0.05) is 25.4 Å². The summed E-state index contributed by atoms with van der Waals surface area (Å²) in [5, 5.41) is 8.29. The predicted molar refractivity (Wildman–Crippen MR) is 75.6 cm³/mol. The van der Waals surface area contributed by atoms with Crippen molar-refractivity contribution in [2.45, 2.75) is 40.3 Å². The Labute approximate surface area is 118 Å². The van der Waals surface area contributed by atoms with Crippen molar-refractivity contribution in [1.82, 2.24) is 25.1 Å². The Kier molecular flexibility index (Phi) is 4.17. The van der Waals surface area contributed by atoms with Crippen LogP contribution in [-0.2, 0) is 6.54 Å². The fraction of sp³-hybridized carbons (Fsp3) is 0.462. The lowest BCUT2D eigenvalue weighted by Crippen LogP contribution is -2.23. The second kappa shape index (κ2) is 5.67. The Morgan fingerprint density at radius 2 is 2.00 bits per heavy atom. The molecule has 0 radical (unpaired) electrons. The van der Waals surface area contributed by atoms with E-state index in [1.807, 2.05) is 26.0 Å². The molecule has 0 aliphatic rings. The van der Waals surface area contributed by atoms with Crippen LogP contribution in [0.25, 0.3) is 5.82 Å². The Bertz CT molecular complexity index is 576. The van der Waals surface area contributed by atoms with Crippen molar-refractivity contribution in [2.75, 3.05) is 0 Å². The van der Waals surface area contributed by atoms with Gasteiger partial charge >= 0.3 is 0 Å². The lowest BCUT2D eigenvalue weighted by molar-refractivity contribution is 0.580. The maximum atomic E-state index is 6.16. The fourth-order valence-electron chi connectivity index (χ4n) is 1.75. The first-order chi connectivity index (χ1) is 8.97. The van der Waals surface area contributed by atoms with Crippen LogP contribution in [0.15, 0.2) is 12.1 Å². The van der Waals surface area contributed by atoms with Crippen LogP contribution >= 0.6 is 11.6 Å². The SMILES string of the molecule is Cc1nc(C)n(-c2ccc(Cl)c(CNC(C)C)n2)n1. The van der Waals surface area contributed by atoms with Crippen molar-refractivity contribution in [3.05, 3.63) is 34.5 Å². The number of aryl methyl sites for hydroxylation is 2. The average Bonchev–Trinajstić information content (AvgIpc) is 2.67. The molecule has 0 fully saturated rings. The number of rotatable bonds is 4. The molecule has 0 aromatic carbocycles. The number of halogens is 1. The molecular formula is C13H18ClN5. The number of aromatic nitrogens is 4. The molecule has 2 heterocycles. The van der Waals surface area contributed by atoms with Crippen LogP contribution in [0.5, 0.6) is 0 Å². The monoisotopic (exact) mass is 279 g/mol. The molecule has 102 valence electrons. The molecule has 19 heavy (non-hydrogen) atoms. The van der Waals surface area contributed by atoms with Crippen molar-refractivity contribution in [3.63, 3.8) is 0 Å². The van der Waals surface area contributed by atoms with Crippen LogP contribution in [0, 0.1) is 13.8 Å². The summed E-state index contributed by atoms with van der Waals surface area (Å²) in [6.45, 7) is 8.57. The molecule has 0 saturated heterocycles. The maximum Gasteiger partial charge on any atom is 0.155 e. The highest BCUT2D eigenvalue weighted by atomic mass is 35.5. The van der Waals surface area contributed by atoms with Crippen LogP contribution in [-0.4, -0.2) is 25.8 Å². The van der Waals surface area contributed by atoms with E-state index in [9.17, 15) is 0 Å². The maximum absolute atomic E-state index is 6.16. The Hall–Kier alpha value is -1.46. The lowest BCUT2D eigenvalue weighted by atomic mass is 10.3. The molecule has 2 aromatic heterocycles. The molecule has 2 aromatic rings. The number of nitrogens with zero attached hydrogens (tertiary/aromatic N) is 4. The minimum atomic E-state index is 0.386. The van der Waals surface area contributed by atoms with Crippen molar-refractivity contribution < 1.29 is 0 Å². The van der Waals surface area contributed by atoms with E-state index in [0.29, 0.717) is 17.6 Å². The Balaban J connectivity index is 2.32. The zero-order valence-corrected chi connectivity index (χ0v) is 12.4. The average molecular weight is 280 g/mol. The summed E-state index contributed by atoms with van der Waals surface area (Å²) in [4.78, 5) is 8.83. The summed E-state index contributed by atoms with van der Waals surface area (Å²) in [6, 6.07) is 4.08. The van der Waals surface area contributed by atoms with E-state index < -0.39 is 0 Å². The van der Waals surface area contributed by atoms with E-state index in [-0.39, 0.29) is 0 Å². The molecule has 2 rings (SSSR count). The molecule has 0 aliphatic heterocycles. The second-order valence-electron chi connectivity index (χ2n) is 4.75. The molecule has 0 atom stereocenters. The molecule has 1 N–H and O–H groups in total. The van der Waals surface area contributed by atoms with E-state index in [0.717, 1.165) is 23.2 Å². The molecule has 5 nitrogen and oxygen atoms in total. The molecule has 0 bridgehead atoms. The summed E-state index contributed by atoms with van der Waals surface area (Å²) in [7, 11) is 0. The molecule has 0 spiro atoms. The van der Waals surface area contributed by atoms with Gasteiger partial charge in [0.1, 0.15) is 11.6 Å². The number of hydrogen-bond acceptors (Lipinski definition) is 4. The van der Waals surface area contributed by atoms with Crippen LogP contribution in [0.3, 0.4) is 0 Å². The van der Waals surface area contributed by atoms with Crippen molar-refractivity contribution >= 4 is 11.6 Å². The quantitative estimate of drug-likeness (QED) is 0.934. The second-order valence-corrected chi connectivity index (χ2v) is 5.16. The summed E-state index contributed by atoms with van der Waals surface area (Å²) in [6.07, 6.45) is 0. The molecular weight excluding hydrogens is 262 g/mol. The standard InChI is InChI=1S/C13H18ClN5/c1-8(2)15-7-12-11(14)5-6-13(17-12)19-10(4)16-9(3)18-19/h5-6,8,15H,7H2,1-4H3. The third-order valence-corrected chi connectivity index (χ3v) is 3.02. The van der Waals surface area contributed by atoms with Gasteiger partial charge in [-0.05, 0) is 26.0 Å². The molecule has 0 aliphatic carbocycles. The van der Waals surface area contributed by atoms with Gasteiger partial charge in [0.2, 0.25) is 0 Å².